The van der Waals surface area contributed by atoms with Crippen LogP contribution in [0.25, 0.3) is 22.4 Å². The van der Waals surface area contributed by atoms with Crippen LogP contribution < -0.4 is 5.32 Å². The highest BCUT2D eigenvalue weighted by Gasteiger charge is 2.38. The molecule has 0 saturated carbocycles. The fourth-order valence-corrected chi connectivity index (χ4v) is 5.34. The Bertz CT molecular complexity index is 1500. The maximum Gasteiger partial charge on any atom is 0.508 e. The molecule has 0 bridgehead atoms. The standard InChI is InChI=1S/C35H43NO9/c1-23(37)43-21-35(5,31(38)41-20-18-36-32(39)45-34(2,3)4)22-44-33(40)42-19-7-6-9-24-12-13-27-15-14-25-10-8-11-26-16-17-28(24)30(27)29(25)26/h8,11-14,16-17H,6-7,9-10,15,18-22H2,1-5H3,(H,36,39). The Morgan fingerprint density at radius 3 is 2.40 bits per heavy atom. The largest absolute Gasteiger partial charge is 0.508 e. The lowest BCUT2D eigenvalue weighted by molar-refractivity contribution is -0.165. The smallest absolute Gasteiger partial charge is 0.465 e. The zero-order valence-corrected chi connectivity index (χ0v) is 26.8. The molecule has 0 radical (unpaired) electrons. The van der Waals surface area contributed by atoms with E-state index in [2.05, 4.69) is 47.8 Å². The van der Waals surface area contributed by atoms with Crippen LogP contribution in [0.2, 0.25) is 0 Å². The van der Waals surface area contributed by atoms with Crippen LogP contribution in [0.4, 0.5) is 9.59 Å². The van der Waals surface area contributed by atoms with Crippen LogP contribution in [-0.4, -0.2) is 62.8 Å². The summed E-state index contributed by atoms with van der Waals surface area (Å²) in [4.78, 5) is 48.3. The van der Waals surface area contributed by atoms with Crippen LogP contribution in [0.3, 0.4) is 0 Å². The molecule has 2 aliphatic carbocycles. The van der Waals surface area contributed by atoms with E-state index < -0.39 is 41.8 Å². The van der Waals surface area contributed by atoms with Gasteiger partial charge in [-0.2, -0.15) is 0 Å². The van der Waals surface area contributed by atoms with Gasteiger partial charge in [0.2, 0.25) is 0 Å². The van der Waals surface area contributed by atoms with Crippen molar-refractivity contribution in [2.75, 3.05) is 33.0 Å². The lowest BCUT2D eigenvalue weighted by Crippen LogP contribution is -2.41. The number of allylic oxidation sites excluding steroid dienone is 3. The van der Waals surface area contributed by atoms with E-state index in [4.69, 9.17) is 23.7 Å². The van der Waals surface area contributed by atoms with Gasteiger partial charge in [-0.3, -0.25) is 9.59 Å². The molecule has 1 unspecified atom stereocenters. The minimum atomic E-state index is -1.48. The van der Waals surface area contributed by atoms with E-state index in [1.54, 1.807) is 20.8 Å². The normalized spacial score (nSPS) is 14.6. The number of amides is 1. The van der Waals surface area contributed by atoms with Gasteiger partial charge in [-0.05, 0) is 98.4 Å². The molecule has 10 nitrogen and oxygen atoms in total. The van der Waals surface area contributed by atoms with Gasteiger partial charge in [0.15, 0.2) is 0 Å². The number of ether oxygens (including phenoxy) is 5. The van der Waals surface area contributed by atoms with E-state index in [-0.39, 0.29) is 26.4 Å². The van der Waals surface area contributed by atoms with Crippen LogP contribution in [-0.2, 0) is 46.1 Å². The molecule has 0 fully saturated rings. The first-order valence-electron chi connectivity index (χ1n) is 15.4. The summed E-state index contributed by atoms with van der Waals surface area (Å²) in [6, 6.07) is 8.85. The Hall–Kier alpha value is -4.34. The number of benzene rings is 2. The van der Waals surface area contributed by atoms with Crippen molar-refractivity contribution in [2.24, 2.45) is 5.41 Å². The lowest BCUT2D eigenvalue weighted by atomic mass is 9.80. The topological polar surface area (TPSA) is 126 Å². The molecule has 1 amide bonds. The molecule has 0 heterocycles. The number of alkyl carbamates (subject to hydrolysis) is 1. The van der Waals surface area contributed by atoms with Crippen molar-refractivity contribution in [2.45, 2.75) is 72.3 Å². The third kappa shape index (κ3) is 9.09. The van der Waals surface area contributed by atoms with E-state index in [0.717, 1.165) is 25.7 Å². The van der Waals surface area contributed by atoms with Gasteiger partial charge < -0.3 is 29.0 Å². The molecule has 0 spiro atoms. The van der Waals surface area contributed by atoms with Crippen LogP contribution in [0, 0.1) is 5.41 Å². The lowest BCUT2D eigenvalue weighted by Gasteiger charge is -2.26. The van der Waals surface area contributed by atoms with E-state index in [0.29, 0.717) is 6.42 Å². The number of nitrogens with one attached hydrogen (secondary N) is 1. The number of carbonyl (C=O) groups excluding carboxylic acids is 4. The minimum absolute atomic E-state index is 0.00473. The molecule has 0 aromatic heterocycles. The first-order chi connectivity index (χ1) is 21.4. The second kappa shape index (κ2) is 14.6. The van der Waals surface area contributed by atoms with Gasteiger partial charge in [-0.1, -0.05) is 42.5 Å². The third-order valence-corrected chi connectivity index (χ3v) is 7.57. The average Bonchev–Trinajstić information content (AvgIpc) is 2.99. The van der Waals surface area contributed by atoms with Crippen molar-refractivity contribution in [3.8, 4) is 0 Å². The molecule has 45 heavy (non-hydrogen) atoms. The highest BCUT2D eigenvalue weighted by Crippen LogP contribution is 2.41. The summed E-state index contributed by atoms with van der Waals surface area (Å²) in [5.74, 6) is -1.36. The highest BCUT2D eigenvalue weighted by atomic mass is 16.7. The molecule has 0 aliphatic heterocycles. The number of hydrogen-bond donors (Lipinski definition) is 1. The predicted octanol–water partition coefficient (Wildman–Crippen LogP) is 6.31. The molecule has 2 aromatic carbocycles. The van der Waals surface area contributed by atoms with Crippen molar-refractivity contribution in [1.29, 1.82) is 0 Å². The number of aryl methyl sites for hydroxylation is 1. The molecule has 1 N–H and O–H groups in total. The Balaban J connectivity index is 1.22. The summed E-state index contributed by atoms with van der Waals surface area (Å²) >= 11 is 0. The van der Waals surface area contributed by atoms with Crippen molar-refractivity contribution < 1.29 is 42.9 Å². The maximum absolute atomic E-state index is 12.8. The van der Waals surface area contributed by atoms with E-state index >= 15 is 0 Å². The minimum Gasteiger partial charge on any atom is -0.465 e. The summed E-state index contributed by atoms with van der Waals surface area (Å²) in [6.07, 6.45) is 9.41. The molecular weight excluding hydrogens is 578 g/mol. The Morgan fingerprint density at radius 1 is 0.867 bits per heavy atom. The van der Waals surface area contributed by atoms with Crippen molar-refractivity contribution in [3.63, 3.8) is 0 Å². The molecule has 1 atom stereocenters. The van der Waals surface area contributed by atoms with Crippen LogP contribution >= 0.6 is 0 Å². The number of hydrogen-bond acceptors (Lipinski definition) is 9. The van der Waals surface area contributed by atoms with Crippen LogP contribution in [0.15, 0.2) is 36.4 Å². The SMILES string of the molecule is CC(=O)OCC(C)(COC(=O)OCCCCc1ccc2c3c4c(ccc13)C=CCC4=CC2)C(=O)OCCNC(=O)OC(C)(C)C. The van der Waals surface area contributed by atoms with E-state index in [9.17, 15) is 19.2 Å². The second-order valence-electron chi connectivity index (χ2n) is 12.6. The monoisotopic (exact) mass is 621 g/mol. The number of esters is 2. The number of rotatable bonds is 13. The first-order valence-corrected chi connectivity index (χ1v) is 15.4. The zero-order chi connectivity index (χ0) is 32.6. The first kappa shape index (κ1) is 33.6. The molecule has 0 saturated heterocycles. The van der Waals surface area contributed by atoms with Gasteiger partial charge in [0, 0.05) is 6.92 Å². The van der Waals surface area contributed by atoms with Gasteiger partial charge in [0.25, 0.3) is 0 Å². The van der Waals surface area contributed by atoms with Gasteiger partial charge in [0.1, 0.15) is 30.8 Å². The summed E-state index contributed by atoms with van der Waals surface area (Å²) < 4.78 is 25.9. The third-order valence-electron chi connectivity index (χ3n) is 7.57. The Morgan fingerprint density at radius 2 is 1.64 bits per heavy atom. The predicted molar refractivity (Wildman–Crippen MR) is 169 cm³/mol. The van der Waals surface area contributed by atoms with Crippen molar-refractivity contribution >= 4 is 46.6 Å². The van der Waals surface area contributed by atoms with Gasteiger partial charge in [0.05, 0.1) is 13.2 Å². The quantitative estimate of drug-likeness (QED) is 0.156. The Labute approximate surface area is 264 Å². The summed E-state index contributed by atoms with van der Waals surface area (Å²) in [5.41, 5.74) is 4.54. The fourth-order valence-electron chi connectivity index (χ4n) is 5.34. The van der Waals surface area contributed by atoms with Gasteiger partial charge in [-0.25, -0.2) is 9.59 Å². The summed E-state index contributed by atoms with van der Waals surface area (Å²) in [6.45, 7) is 7.06. The number of unbranched alkanes of at least 4 members (excludes halogenated alkanes) is 1. The molecule has 2 aliphatic rings. The average molecular weight is 622 g/mol. The maximum atomic E-state index is 12.8. The molecule has 10 heteroatoms. The van der Waals surface area contributed by atoms with E-state index in [1.807, 2.05) is 0 Å². The highest BCUT2D eigenvalue weighted by molar-refractivity contribution is 6.03. The zero-order valence-electron chi connectivity index (χ0n) is 26.8. The summed E-state index contributed by atoms with van der Waals surface area (Å²) in [5, 5.41) is 5.13. The molecule has 242 valence electrons. The molecular formula is C35H43NO9. The van der Waals surface area contributed by atoms with E-state index in [1.165, 1.54) is 52.4 Å². The van der Waals surface area contributed by atoms with Crippen LogP contribution in [0.1, 0.15) is 76.1 Å². The van der Waals surface area contributed by atoms with Crippen molar-refractivity contribution in [3.05, 3.63) is 58.7 Å². The van der Waals surface area contributed by atoms with Crippen molar-refractivity contribution in [1.82, 2.24) is 5.32 Å². The molecule has 2 aromatic rings. The van der Waals surface area contributed by atoms with Gasteiger partial charge >= 0.3 is 24.2 Å². The second-order valence-corrected chi connectivity index (χ2v) is 12.6. The fraction of sp³-hybridized carbons (Fsp3) is 0.486. The summed E-state index contributed by atoms with van der Waals surface area (Å²) in [7, 11) is 0. The van der Waals surface area contributed by atoms with Gasteiger partial charge in [-0.15, -0.1) is 0 Å². The van der Waals surface area contributed by atoms with Crippen LogP contribution in [0.5, 0.6) is 0 Å². The Kier molecular flexibility index (Phi) is 10.9. The molecule has 4 rings (SSSR count). The number of carbonyl (C=O) groups is 4.